The first-order valence-corrected chi connectivity index (χ1v) is 34.3. The van der Waals surface area contributed by atoms with Crippen LogP contribution in [-0.2, 0) is 28.6 Å². The van der Waals surface area contributed by atoms with Crippen LogP contribution in [0.15, 0.2) is 146 Å². The second kappa shape index (κ2) is 69.8. The molecule has 0 aliphatic carbocycles. The molecule has 0 amide bonds. The fourth-order valence-electron chi connectivity index (χ4n) is 9.17. The van der Waals surface area contributed by atoms with Crippen molar-refractivity contribution < 1.29 is 28.6 Å². The highest BCUT2D eigenvalue weighted by Crippen LogP contribution is 2.15. The third-order valence-corrected chi connectivity index (χ3v) is 14.3. The average Bonchev–Trinajstić information content (AvgIpc) is 3.49. The van der Waals surface area contributed by atoms with Gasteiger partial charge in [-0.1, -0.05) is 282 Å². The molecule has 6 nitrogen and oxygen atoms in total. The molecule has 0 fully saturated rings. The van der Waals surface area contributed by atoms with E-state index in [1.165, 1.54) is 103 Å². The molecule has 0 radical (unpaired) electrons. The highest BCUT2D eigenvalue weighted by molar-refractivity contribution is 5.71. The molecule has 0 N–H and O–H groups in total. The summed E-state index contributed by atoms with van der Waals surface area (Å²) in [5.41, 5.74) is 0. The van der Waals surface area contributed by atoms with Gasteiger partial charge in [-0.15, -0.1) is 0 Å². The summed E-state index contributed by atoms with van der Waals surface area (Å²) in [6.07, 6.45) is 100. The van der Waals surface area contributed by atoms with E-state index in [9.17, 15) is 14.4 Å². The number of rotatable bonds is 61. The Kier molecular flexibility index (Phi) is 65.8. The zero-order valence-corrected chi connectivity index (χ0v) is 53.9. The minimum absolute atomic E-state index is 0.0965. The molecule has 83 heavy (non-hydrogen) atoms. The third kappa shape index (κ3) is 68.0. The topological polar surface area (TPSA) is 78.9 Å². The molecule has 0 saturated carbocycles. The predicted octanol–water partition coefficient (Wildman–Crippen LogP) is 23.9. The van der Waals surface area contributed by atoms with Crippen molar-refractivity contribution in [3.8, 4) is 0 Å². The van der Waals surface area contributed by atoms with Crippen LogP contribution >= 0.6 is 0 Å². The molecule has 0 bridgehead atoms. The quantitative estimate of drug-likeness (QED) is 0.0261. The highest BCUT2D eigenvalue weighted by atomic mass is 16.6. The van der Waals surface area contributed by atoms with Gasteiger partial charge in [0.25, 0.3) is 0 Å². The van der Waals surface area contributed by atoms with Gasteiger partial charge in [-0.3, -0.25) is 14.4 Å². The summed E-state index contributed by atoms with van der Waals surface area (Å²) < 4.78 is 16.9. The molecule has 0 aliphatic rings. The lowest BCUT2D eigenvalue weighted by atomic mass is 10.1. The standard InChI is InChI=1S/C77H126O6/c1-4-7-10-13-16-19-22-25-28-30-31-32-33-34-35-36-37-38-39-40-41-42-43-44-45-46-47-48-50-52-55-58-61-64-67-70-76(79)82-73-74(72-81-75(78)69-66-63-60-57-54-51-27-24-21-18-15-12-9-6-3)83-77(80)71-68-65-62-59-56-53-49-29-26-23-20-17-14-11-8-5-2/h7,10,16,19,24-25,27-29,31-32,34-35,37-38,40-41,43-44,46-47,49-50,52,74H,4-6,8-9,11-15,17-18,20-23,26,30,33,36,39,42,45,48,51,53-73H2,1-3H3/b10-7-,19-16-,27-24-,28-25-,32-31-,35-34-,38-37-,41-40-,44-43-,47-46-,49-29-,52-50-. The number of unbranched alkanes of at least 4 members (excludes halogenated alkanes) is 26. The normalized spacial score (nSPS) is 13.0. The van der Waals surface area contributed by atoms with Crippen molar-refractivity contribution in [1.82, 2.24) is 0 Å². The van der Waals surface area contributed by atoms with Crippen LogP contribution in [0.4, 0.5) is 0 Å². The monoisotopic (exact) mass is 1150 g/mol. The van der Waals surface area contributed by atoms with Crippen molar-refractivity contribution in [2.75, 3.05) is 13.2 Å². The minimum atomic E-state index is -0.802. The largest absolute Gasteiger partial charge is 0.462 e. The van der Waals surface area contributed by atoms with Crippen LogP contribution in [0.3, 0.4) is 0 Å². The fourth-order valence-corrected chi connectivity index (χ4v) is 9.17. The maximum Gasteiger partial charge on any atom is 0.306 e. The summed E-state index contributed by atoms with van der Waals surface area (Å²) in [5.74, 6) is -0.935. The van der Waals surface area contributed by atoms with Crippen molar-refractivity contribution >= 4 is 17.9 Å². The van der Waals surface area contributed by atoms with Gasteiger partial charge in [0.1, 0.15) is 13.2 Å². The van der Waals surface area contributed by atoms with Crippen molar-refractivity contribution in [2.24, 2.45) is 0 Å². The summed E-state index contributed by atoms with van der Waals surface area (Å²) >= 11 is 0. The minimum Gasteiger partial charge on any atom is -0.462 e. The number of ether oxygens (including phenoxy) is 3. The van der Waals surface area contributed by atoms with Gasteiger partial charge in [0.05, 0.1) is 0 Å². The Hall–Kier alpha value is -4.71. The Balaban J connectivity index is 4.35. The smallest absolute Gasteiger partial charge is 0.306 e. The van der Waals surface area contributed by atoms with Crippen LogP contribution in [0.2, 0.25) is 0 Å². The molecular formula is C77H126O6. The molecular weight excluding hydrogens is 1020 g/mol. The Labute approximate surface area is 512 Å². The molecule has 0 heterocycles. The van der Waals surface area contributed by atoms with Crippen molar-refractivity contribution in [1.29, 1.82) is 0 Å². The van der Waals surface area contributed by atoms with Gasteiger partial charge in [-0.05, 0) is 148 Å². The average molecular weight is 1150 g/mol. The van der Waals surface area contributed by atoms with E-state index in [-0.39, 0.29) is 31.1 Å². The predicted molar refractivity (Wildman–Crippen MR) is 362 cm³/mol. The van der Waals surface area contributed by atoms with Gasteiger partial charge in [0, 0.05) is 19.3 Å². The Morgan fingerprint density at radius 2 is 0.470 bits per heavy atom. The SMILES string of the molecule is CC/C=C\C/C=C\C/C=C\C/C=C\C/C=C\C/C=C\C/C=C\C/C=C\C/C=C\C/C=C\CCCCCCC(=O)OCC(COC(=O)CCCCCCC/C=C\CCCCCCC)OC(=O)CCCCCCC/C=C\CCCCCCCCC. The van der Waals surface area contributed by atoms with Crippen molar-refractivity contribution in [2.45, 2.75) is 309 Å². The maximum absolute atomic E-state index is 12.9. The molecule has 0 aliphatic heterocycles. The number of carbonyl (C=O) groups is 3. The van der Waals surface area contributed by atoms with Crippen LogP contribution in [0.5, 0.6) is 0 Å². The Morgan fingerprint density at radius 1 is 0.253 bits per heavy atom. The van der Waals surface area contributed by atoms with E-state index in [0.717, 1.165) is 161 Å². The van der Waals surface area contributed by atoms with Crippen LogP contribution in [0, 0.1) is 0 Å². The van der Waals surface area contributed by atoms with Gasteiger partial charge >= 0.3 is 17.9 Å². The van der Waals surface area contributed by atoms with Crippen LogP contribution in [-0.4, -0.2) is 37.2 Å². The van der Waals surface area contributed by atoms with Gasteiger partial charge in [0.15, 0.2) is 6.10 Å². The van der Waals surface area contributed by atoms with E-state index < -0.39 is 6.10 Å². The number of esters is 3. The van der Waals surface area contributed by atoms with Crippen LogP contribution in [0.25, 0.3) is 0 Å². The van der Waals surface area contributed by atoms with Crippen LogP contribution in [0.1, 0.15) is 303 Å². The van der Waals surface area contributed by atoms with Gasteiger partial charge in [0.2, 0.25) is 0 Å². The number of carbonyl (C=O) groups excluding carboxylic acids is 3. The van der Waals surface area contributed by atoms with Gasteiger partial charge in [-0.25, -0.2) is 0 Å². The lowest BCUT2D eigenvalue weighted by molar-refractivity contribution is -0.167. The molecule has 0 aromatic carbocycles. The molecule has 470 valence electrons. The summed E-state index contributed by atoms with van der Waals surface area (Å²) in [7, 11) is 0. The zero-order valence-electron chi connectivity index (χ0n) is 53.9. The van der Waals surface area contributed by atoms with Gasteiger partial charge in [-0.2, -0.15) is 0 Å². The van der Waals surface area contributed by atoms with Crippen molar-refractivity contribution in [3.63, 3.8) is 0 Å². The van der Waals surface area contributed by atoms with Crippen molar-refractivity contribution in [3.05, 3.63) is 146 Å². The molecule has 6 heteroatoms. The molecule has 1 atom stereocenters. The molecule has 0 aromatic rings. The number of hydrogen-bond acceptors (Lipinski definition) is 6. The van der Waals surface area contributed by atoms with E-state index in [0.29, 0.717) is 19.3 Å². The molecule has 0 rings (SSSR count). The lowest BCUT2D eigenvalue weighted by Gasteiger charge is -2.18. The summed E-state index contributed by atoms with van der Waals surface area (Å²) in [5, 5.41) is 0. The molecule has 1 unspecified atom stereocenters. The number of allylic oxidation sites excluding steroid dienone is 24. The van der Waals surface area contributed by atoms with Gasteiger partial charge < -0.3 is 14.2 Å². The molecule has 0 spiro atoms. The first kappa shape index (κ1) is 78.3. The Bertz CT molecular complexity index is 1800. The van der Waals surface area contributed by atoms with E-state index in [1.807, 2.05) is 0 Å². The summed E-state index contributed by atoms with van der Waals surface area (Å²) in [4.78, 5) is 38.3. The first-order valence-electron chi connectivity index (χ1n) is 34.3. The summed E-state index contributed by atoms with van der Waals surface area (Å²) in [6, 6.07) is 0. The second-order valence-corrected chi connectivity index (χ2v) is 22.3. The summed E-state index contributed by atoms with van der Waals surface area (Å²) in [6.45, 7) is 6.49. The Morgan fingerprint density at radius 3 is 0.747 bits per heavy atom. The van der Waals surface area contributed by atoms with E-state index in [2.05, 4.69) is 167 Å². The highest BCUT2D eigenvalue weighted by Gasteiger charge is 2.19. The van der Waals surface area contributed by atoms with E-state index in [1.54, 1.807) is 0 Å². The zero-order chi connectivity index (χ0) is 59.9. The fraction of sp³-hybridized carbons (Fsp3) is 0.649. The second-order valence-electron chi connectivity index (χ2n) is 22.3. The van der Waals surface area contributed by atoms with E-state index >= 15 is 0 Å². The molecule has 0 aromatic heterocycles. The number of hydrogen-bond donors (Lipinski definition) is 0. The third-order valence-electron chi connectivity index (χ3n) is 14.3. The van der Waals surface area contributed by atoms with E-state index in [4.69, 9.17) is 14.2 Å². The first-order chi connectivity index (χ1) is 41.0. The maximum atomic E-state index is 12.9. The molecule has 0 saturated heterocycles. The van der Waals surface area contributed by atoms with Crippen LogP contribution < -0.4 is 0 Å². The lowest BCUT2D eigenvalue weighted by Crippen LogP contribution is -2.30.